The minimum absolute atomic E-state index is 0.169. The average Bonchev–Trinajstić information content (AvgIpc) is 3.08. The Morgan fingerprint density at radius 1 is 1.28 bits per heavy atom. The topological polar surface area (TPSA) is 51.0 Å². The molecule has 1 aliphatic carbocycles. The first-order valence-corrected chi connectivity index (χ1v) is 9.90. The molecule has 6 heteroatoms. The van der Waals surface area contributed by atoms with Crippen molar-refractivity contribution < 1.29 is 4.79 Å². The molecule has 2 atom stereocenters. The average molecular weight is 359 g/mol. The van der Waals surface area contributed by atoms with Gasteiger partial charge in [0.2, 0.25) is 5.91 Å². The van der Waals surface area contributed by atoms with Crippen molar-refractivity contribution in [1.29, 1.82) is 0 Å². The zero-order valence-electron chi connectivity index (χ0n) is 15.2. The van der Waals surface area contributed by atoms with Gasteiger partial charge in [-0.15, -0.1) is 10.2 Å². The van der Waals surface area contributed by atoms with Crippen LogP contribution in [0.4, 0.5) is 0 Å². The molecule has 5 nitrogen and oxygen atoms in total. The first-order chi connectivity index (χ1) is 12.1. The van der Waals surface area contributed by atoms with E-state index in [1.54, 1.807) is 6.33 Å². The Morgan fingerprint density at radius 3 is 2.72 bits per heavy atom. The first kappa shape index (κ1) is 18.0. The van der Waals surface area contributed by atoms with Crippen LogP contribution < -0.4 is 0 Å². The highest BCUT2D eigenvalue weighted by atomic mass is 32.2. The van der Waals surface area contributed by atoms with Gasteiger partial charge in [-0.2, -0.15) is 0 Å². The molecular weight excluding hydrogens is 332 g/mol. The second-order valence-corrected chi connectivity index (χ2v) is 7.88. The van der Waals surface area contributed by atoms with E-state index in [-0.39, 0.29) is 5.91 Å². The Balaban J connectivity index is 1.63. The number of hydrogen-bond acceptors (Lipinski definition) is 4. The molecule has 0 saturated heterocycles. The van der Waals surface area contributed by atoms with E-state index in [1.165, 1.54) is 36.6 Å². The van der Waals surface area contributed by atoms with E-state index in [2.05, 4.69) is 36.2 Å². The van der Waals surface area contributed by atoms with Gasteiger partial charge >= 0.3 is 0 Å². The van der Waals surface area contributed by atoms with E-state index in [1.807, 2.05) is 28.6 Å². The summed E-state index contributed by atoms with van der Waals surface area (Å²) in [6, 6.07) is 8.58. The number of aromatic nitrogens is 3. The van der Waals surface area contributed by atoms with Crippen LogP contribution in [0.5, 0.6) is 0 Å². The summed E-state index contributed by atoms with van der Waals surface area (Å²) in [6.07, 6.45) is 6.55. The zero-order chi connectivity index (χ0) is 17.8. The molecule has 1 aromatic heterocycles. The van der Waals surface area contributed by atoms with Crippen molar-refractivity contribution in [2.24, 2.45) is 5.92 Å². The fraction of sp³-hybridized carbons (Fsp3) is 0.526. The van der Waals surface area contributed by atoms with E-state index in [9.17, 15) is 4.79 Å². The van der Waals surface area contributed by atoms with Crippen LogP contribution in [0.3, 0.4) is 0 Å². The molecule has 1 amide bonds. The molecule has 1 fully saturated rings. The number of aryl methyl sites for hydroxylation is 1. The van der Waals surface area contributed by atoms with Crippen LogP contribution in [-0.2, 0) is 4.79 Å². The van der Waals surface area contributed by atoms with Gasteiger partial charge in [-0.1, -0.05) is 49.2 Å². The van der Waals surface area contributed by atoms with E-state index < -0.39 is 0 Å². The van der Waals surface area contributed by atoms with Crippen molar-refractivity contribution in [1.82, 2.24) is 19.7 Å². The van der Waals surface area contributed by atoms with Gasteiger partial charge in [-0.25, -0.2) is 0 Å². The number of carbonyl (C=O) groups excluding carboxylic acids is 1. The summed E-state index contributed by atoms with van der Waals surface area (Å²) in [5.41, 5.74) is 2.23. The van der Waals surface area contributed by atoms with Crippen molar-refractivity contribution in [2.75, 3.05) is 12.8 Å². The van der Waals surface area contributed by atoms with E-state index in [0.29, 0.717) is 17.7 Å². The summed E-state index contributed by atoms with van der Waals surface area (Å²) in [6.45, 7) is 4.32. The lowest BCUT2D eigenvalue weighted by Crippen LogP contribution is -2.43. The van der Waals surface area contributed by atoms with Crippen LogP contribution in [0.15, 0.2) is 35.7 Å². The highest BCUT2D eigenvalue weighted by Crippen LogP contribution is 2.28. The molecule has 0 aliphatic heterocycles. The molecule has 1 aliphatic rings. The lowest BCUT2D eigenvalue weighted by molar-refractivity contribution is -0.130. The van der Waals surface area contributed by atoms with Crippen LogP contribution in [0, 0.1) is 12.8 Å². The number of benzene rings is 1. The van der Waals surface area contributed by atoms with Gasteiger partial charge in [-0.05, 0) is 37.8 Å². The molecule has 0 N–H and O–H groups in total. The smallest absolute Gasteiger partial charge is 0.233 e. The Morgan fingerprint density at radius 2 is 2.00 bits per heavy atom. The van der Waals surface area contributed by atoms with Crippen LogP contribution in [0.1, 0.15) is 38.2 Å². The highest BCUT2D eigenvalue weighted by Gasteiger charge is 2.27. The number of hydrogen-bond donors (Lipinski definition) is 0. The Hall–Kier alpha value is -1.82. The summed E-state index contributed by atoms with van der Waals surface area (Å²) in [5, 5.41) is 8.94. The monoisotopic (exact) mass is 358 g/mol. The van der Waals surface area contributed by atoms with Crippen molar-refractivity contribution in [2.45, 2.75) is 50.7 Å². The van der Waals surface area contributed by atoms with Gasteiger partial charge < -0.3 is 4.90 Å². The summed E-state index contributed by atoms with van der Waals surface area (Å²) in [5.74, 6) is 1.15. The summed E-state index contributed by atoms with van der Waals surface area (Å²) in [4.78, 5) is 14.6. The Bertz CT molecular complexity index is 712. The molecule has 2 unspecified atom stereocenters. The van der Waals surface area contributed by atoms with Gasteiger partial charge in [0.1, 0.15) is 6.33 Å². The minimum Gasteiger partial charge on any atom is -0.342 e. The SMILES string of the molecule is Cc1ccc(-n2cnnc2SCC(=O)N(C)C2CCCCC2C)cc1. The first-order valence-electron chi connectivity index (χ1n) is 8.92. The third-order valence-electron chi connectivity index (χ3n) is 5.11. The Labute approximate surface area is 153 Å². The largest absolute Gasteiger partial charge is 0.342 e. The van der Waals surface area contributed by atoms with Crippen LogP contribution in [-0.4, -0.2) is 44.4 Å². The van der Waals surface area contributed by atoms with Crippen LogP contribution in [0.25, 0.3) is 5.69 Å². The molecule has 1 heterocycles. The quantitative estimate of drug-likeness (QED) is 0.765. The maximum Gasteiger partial charge on any atom is 0.233 e. The molecule has 1 aromatic carbocycles. The minimum atomic E-state index is 0.169. The number of amides is 1. The van der Waals surface area contributed by atoms with E-state index in [0.717, 1.165) is 17.3 Å². The summed E-state index contributed by atoms with van der Waals surface area (Å²) >= 11 is 1.45. The standard InChI is InChI=1S/C19H26N4OS/c1-14-8-10-16(11-9-14)23-13-20-21-19(23)25-12-18(24)22(3)17-7-5-4-6-15(17)2/h8-11,13,15,17H,4-7,12H2,1-3H3. The van der Waals surface area contributed by atoms with Crippen molar-refractivity contribution in [3.05, 3.63) is 36.2 Å². The van der Waals surface area contributed by atoms with Gasteiger partial charge in [0.25, 0.3) is 0 Å². The third kappa shape index (κ3) is 4.24. The molecule has 0 bridgehead atoms. The Kier molecular flexibility index (Phi) is 5.78. The second kappa shape index (κ2) is 8.04. The fourth-order valence-electron chi connectivity index (χ4n) is 3.49. The molecule has 0 radical (unpaired) electrons. The maximum absolute atomic E-state index is 12.6. The van der Waals surface area contributed by atoms with E-state index >= 15 is 0 Å². The highest BCUT2D eigenvalue weighted by molar-refractivity contribution is 7.99. The summed E-state index contributed by atoms with van der Waals surface area (Å²) in [7, 11) is 1.94. The number of thioether (sulfide) groups is 1. The molecular formula is C19H26N4OS. The third-order valence-corrected chi connectivity index (χ3v) is 6.04. The lowest BCUT2D eigenvalue weighted by Gasteiger charge is -2.36. The molecule has 25 heavy (non-hydrogen) atoms. The van der Waals surface area contributed by atoms with Gasteiger partial charge in [0, 0.05) is 18.8 Å². The normalized spacial score (nSPS) is 20.4. The van der Waals surface area contributed by atoms with Crippen molar-refractivity contribution in [3.8, 4) is 5.69 Å². The van der Waals surface area contributed by atoms with Crippen molar-refractivity contribution >= 4 is 17.7 Å². The predicted octanol–water partition coefficient (Wildman–Crippen LogP) is 3.70. The molecule has 134 valence electrons. The number of carbonyl (C=O) groups is 1. The molecule has 2 aromatic rings. The molecule has 1 saturated carbocycles. The number of rotatable bonds is 5. The summed E-state index contributed by atoms with van der Waals surface area (Å²) < 4.78 is 1.93. The molecule has 0 spiro atoms. The predicted molar refractivity (Wildman–Crippen MR) is 101 cm³/mol. The lowest BCUT2D eigenvalue weighted by atomic mass is 9.85. The van der Waals surface area contributed by atoms with Gasteiger partial charge in [0.05, 0.1) is 5.75 Å². The second-order valence-electron chi connectivity index (χ2n) is 6.94. The van der Waals surface area contributed by atoms with Crippen molar-refractivity contribution in [3.63, 3.8) is 0 Å². The molecule has 3 rings (SSSR count). The van der Waals surface area contributed by atoms with Crippen LogP contribution >= 0.6 is 11.8 Å². The van der Waals surface area contributed by atoms with Gasteiger partial charge in [-0.3, -0.25) is 9.36 Å². The fourth-order valence-corrected chi connectivity index (χ4v) is 4.34. The number of nitrogens with zero attached hydrogens (tertiary/aromatic N) is 4. The van der Waals surface area contributed by atoms with Crippen LogP contribution in [0.2, 0.25) is 0 Å². The zero-order valence-corrected chi connectivity index (χ0v) is 16.0. The van der Waals surface area contributed by atoms with E-state index in [4.69, 9.17) is 0 Å². The maximum atomic E-state index is 12.6. The van der Waals surface area contributed by atoms with Gasteiger partial charge in [0.15, 0.2) is 5.16 Å².